The van der Waals surface area contributed by atoms with Crippen molar-refractivity contribution < 1.29 is 14.2 Å². The minimum Gasteiger partial charge on any atom is -0.491 e. The van der Waals surface area contributed by atoms with Gasteiger partial charge in [0.15, 0.2) is 6.29 Å². The lowest BCUT2D eigenvalue weighted by Gasteiger charge is -2.16. The predicted octanol–water partition coefficient (Wildman–Crippen LogP) is 3.16. The molecule has 3 heteroatoms. The van der Waals surface area contributed by atoms with Crippen LogP contribution in [-0.2, 0) is 9.47 Å². The third kappa shape index (κ3) is 6.29. The van der Waals surface area contributed by atoms with E-state index in [2.05, 4.69) is 6.92 Å². The molecule has 1 unspecified atom stereocenters. The summed E-state index contributed by atoms with van der Waals surface area (Å²) in [5.74, 6) is 0.872. The standard InChI is InChI=1S/C14H22O3/c1-11(2)17-13(4)15-9-10-16-14-7-5-12(3)6-8-14/h5-8,11,13H,9-10H2,1-4H3. The van der Waals surface area contributed by atoms with Crippen molar-refractivity contribution in [3.63, 3.8) is 0 Å². The lowest BCUT2D eigenvalue weighted by Crippen LogP contribution is -2.20. The molecule has 1 atom stereocenters. The molecule has 1 aromatic carbocycles. The molecular formula is C14H22O3. The van der Waals surface area contributed by atoms with E-state index in [9.17, 15) is 0 Å². The third-order valence-corrected chi connectivity index (χ3v) is 2.19. The van der Waals surface area contributed by atoms with Crippen molar-refractivity contribution in [1.82, 2.24) is 0 Å². The minimum absolute atomic E-state index is 0.183. The van der Waals surface area contributed by atoms with Gasteiger partial charge in [-0.15, -0.1) is 0 Å². The summed E-state index contributed by atoms with van der Waals surface area (Å²) >= 11 is 0. The molecule has 0 amide bonds. The topological polar surface area (TPSA) is 27.7 Å². The van der Waals surface area contributed by atoms with E-state index >= 15 is 0 Å². The molecule has 17 heavy (non-hydrogen) atoms. The summed E-state index contributed by atoms with van der Waals surface area (Å²) in [4.78, 5) is 0. The van der Waals surface area contributed by atoms with Gasteiger partial charge in [-0.05, 0) is 39.8 Å². The first-order valence-corrected chi connectivity index (χ1v) is 6.04. The SMILES string of the molecule is Cc1ccc(OCCOC(C)OC(C)C)cc1. The zero-order valence-electron chi connectivity index (χ0n) is 11.1. The van der Waals surface area contributed by atoms with Gasteiger partial charge in [-0.1, -0.05) is 17.7 Å². The molecule has 0 spiro atoms. The zero-order valence-corrected chi connectivity index (χ0v) is 11.1. The molecule has 0 aromatic heterocycles. The second kappa shape index (κ2) is 7.30. The molecule has 96 valence electrons. The van der Waals surface area contributed by atoms with Crippen molar-refractivity contribution in [2.45, 2.75) is 40.1 Å². The Labute approximate surface area is 104 Å². The van der Waals surface area contributed by atoms with Crippen LogP contribution < -0.4 is 4.74 Å². The largest absolute Gasteiger partial charge is 0.491 e. The molecule has 1 aromatic rings. The summed E-state index contributed by atoms with van der Waals surface area (Å²) in [7, 11) is 0. The van der Waals surface area contributed by atoms with Crippen molar-refractivity contribution in [3.05, 3.63) is 29.8 Å². The summed E-state index contributed by atoms with van der Waals surface area (Å²) in [6.45, 7) is 8.99. The van der Waals surface area contributed by atoms with E-state index in [0.29, 0.717) is 13.2 Å². The van der Waals surface area contributed by atoms with Crippen LogP contribution in [0, 0.1) is 6.92 Å². The van der Waals surface area contributed by atoms with E-state index in [-0.39, 0.29) is 12.4 Å². The zero-order chi connectivity index (χ0) is 12.7. The second-order valence-corrected chi connectivity index (χ2v) is 4.28. The van der Waals surface area contributed by atoms with Gasteiger partial charge in [-0.25, -0.2) is 0 Å². The van der Waals surface area contributed by atoms with Gasteiger partial charge in [-0.2, -0.15) is 0 Å². The highest BCUT2D eigenvalue weighted by atomic mass is 16.7. The van der Waals surface area contributed by atoms with E-state index in [1.807, 2.05) is 45.0 Å². The Morgan fingerprint density at radius 3 is 2.24 bits per heavy atom. The summed E-state index contributed by atoms with van der Waals surface area (Å²) < 4.78 is 16.4. The van der Waals surface area contributed by atoms with Gasteiger partial charge in [0.1, 0.15) is 12.4 Å². The summed E-state index contributed by atoms with van der Waals surface area (Å²) in [6.07, 6.45) is -0.000338. The fraction of sp³-hybridized carbons (Fsp3) is 0.571. The van der Waals surface area contributed by atoms with Crippen molar-refractivity contribution in [3.8, 4) is 5.75 Å². The Kier molecular flexibility index (Phi) is 6.01. The molecule has 0 saturated carbocycles. The summed E-state index contributed by atoms with van der Waals surface area (Å²) in [5.41, 5.74) is 1.23. The Morgan fingerprint density at radius 2 is 1.65 bits per heavy atom. The molecular weight excluding hydrogens is 216 g/mol. The van der Waals surface area contributed by atoms with Gasteiger partial charge in [0.25, 0.3) is 0 Å². The lowest BCUT2D eigenvalue weighted by atomic mass is 10.2. The number of aryl methyl sites for hydroxylation is 1. The Morgan fingerprint density at radius 1 is 1.00 bits per heavy atom. The number of benzene rings is 1. The maximum atomic E-state index is 5.54. The maximum Gasteiger partial charge on any atom is 0.155 e. The average molecular weight is 238 g/mol. The first kappa shape index (κ1) is 14.0. The van der Waals surface area contributed by atoms with Crippen LogP contribution in [-0.4, -0.2) is 25.6 Å². The molecule has 0 heterocycles. The minimum atomic E-state index is -0.184. The molecule has 0 fully saturated rings. The Balaban J connectivity index is 2.13. The number of hydrogen-bond acceptors (Lipinski definition) is 3. The van der Waals surface area contributed by atoms with Gasteiger partial charge in [-0.3, -0.25) is 0 Å². The van der Waals surface area contributed by atoms with Crippen molar-refractivity contribution in [2.24, 2.45) is 0 Å². The average Bonchev–Trinajstić information content (AvgIpc) is 2.26. The van der Waals surface area contributed by atoms with E-state index < -0.39 is 0 Å². The smallest absolute Gasteiger partial charge is 0.155 e. The van der Waals surface area contributed by atoms with Gasteiger partial charge in [0.05, 0.1) is 12.7 Å². The van der Waals surface area contributed by atoms with Gasteiger partial charge >= 0.3 is 0 Å². The van der Waals surface area contributed by atoms with E-state index in [1.54, 1.807) is 0 Å². The van der Waals surface area contributed by atoms with Crippen LogP contribution in [0.25, 0.3) is 0 Å². The predicted molar refractivity (Wildman–Crippen MR) is 68.3 cm³/mol. The monoisotopic (exact) mass is 238 g/mol. The van der Waals surface area contributed by atoms with Crippen LogP contribution in [0.15, 0.2) is 24.3 Å². The van der Waals surface area contributed by atoms with Gasteiger partial charge in [0, 0.05) is 0 Å². The van der Waals surface area contributed by atoms with Crippen molar-refractivity contribution in [2.75, 3.05) is 13.2 Å². The quantitative estimate of drug-likeness (QED) is 0.539. The molecule has 0 bridgehead atoms. The normalized spacial score (nSPS) is 12.8. The van der Waals surface area contributed by atoms with Gasteiger partial charge in [0.2, 0.25) is 0 Å². The molecule has 0 aliphatic carbocycles. The Hall–Kier alpha value is -1.06. The third-order valence-electron chi connectivity index (χ3n) is 2.19. The molecule has 0 radical (unpaired) electrons. The molecule has 0 aliphatic heterocycles. The van der Waals surface area contributed by atoms with Crippen LogP contribution >= 0.6 is 0 Å². The van der Waals surface area contributed by atoms with E-state index in [0.717, 1.165) is 5.75 Å². The fourth-order valence-corrected chi connectivity index (χ4v) is 1.43. The second-order valence-electron chi connectivity index (χ2n) is 4.28. The lowest BCUT2D eigenvalue weighted by molar-refractivity contribution is -0.154. The summed E-state index contributed by atoms with van der Waals surface area (Å²) in [6, 6.07) is 7.98. The number of hydrogen-bond donors (Lipinski definition) is 0. The van der Waals surface area contributed by atoms with Crippen molar-refractivity contribution >= 4 is 0 Å². The first-order chi connectivity index (χ1) is 8.08. The van der Waals surface area contributed by atoms with E-state index in [1.165, 1.54) is 5.56 Å². The molecule has 0 saturated heterocycles. The van der Waals surface area contributed by atoms with Gasteiger partial charge < -0.3 is 14.2 Å². The number of rotatable bonds is 7. The number of ether oxygens (including phenoxy) is 3. The Bertz CT molecular complexity index is 306. The molecule has 0 N–H and O–H groups in total. The van der Waals surface area contributed by atoms with Crippen LogP contribution in [0.4, 0.5) is 0 Å². The summed E-state index contributed by atoms with van der Waals surface area (Å²) in [5, 5.41) is 0. The first-order valence-electron chi connectivity index (χ1n) is 6.04. The maximum absolute atomic E-state index is 5.54. The highest BCUT2D eigenvalue weighted by molar-refractivity contribution is 5.26. The van der Waals surface area contributed by atoms with Crippen LogP contribution in [0.1, 0.15) is 26.3 Å². The fourth-order valence-electron chi connectivity index (χ4n) is 1.43. The van der Waals surface area contributed by atoms with Crippen molar-refractivity contribution in [1.29, 1.82) is 0 Å². The van der Waals surface area contributed by atoms with Crippen LogP contribution in [0.5, 0.6) is 5.75 Å². The molecule has 0 aliphatic rings. The highest BCUT2D eigenvalue weighted by Gasteiger charge is 2.04. The van der Waals surface area contributed by atoms with Crippen LogP contribution in [0.2, 0.25) is 0 Å². The molecule has 1 rings (SSSR count). The van der Waals surface area contributed by atoms with Crippen LogP contribution in [0.3, 0.4) is 0 Å². The molecule has 3 nitrogen and oxygen atoms in total. The van der Waals surface area contributed by atoms with E-state index in [4.69, 9.17) is 14.2 Å². The highest BCUT2D eigenvalue weighted by Crippen LogP contribution is 2.11.